The highest BCUT2D eigenvalue weighted by Crippen LogP contribution is 2.22. The van der Waals surface area contributed by atoms with E-state index in [1.54, 1.807) is 28.0 Å². The largest absolute Gasteiger partial charge is 0.481 e. The molecular weight excluding hydrogens is 350 g/mol. The summed E-state index contributed by atoms with van der Waals surface area (Å²) in [5.74, 6) is 1.45. The minimum atomic E-state index is -0.877. The van der Waals surface area contributed by atoms with Crippen LogP contribution in [0.4, 0.5) is 0 Å². The minimum Gasteiger partial charge on any atom is -0.481 e. The van der Waals surface area contributed by atoms with E-state index in [-0.39, 0.29) is 24.8 Å². The summed E-state index contributed by atoms with van der Waals surface area (Å²) in [6, 6.07) is 1.66. The number of rotatable bonds is 6. The zero-order valence-electron chi connectivity index (χ0n) is 12.9. The number of hydrogen-bond acceptors (Lipinski definition) is 7. The fraction of sp³-hybridized carbons (Fsp3) is 0.467. The number of hydrogen-bond donors (Lipinski definition) is 1. The van der Waals surface area contributed by atoms with Gasteiger partial charge in [-0.3, -0.25) is 9.59 Å². The van der Waals surface area contributed by atoms with E-state index in [9.17, 15) is 9.59 Å². The van der Waals surface area contributed by atoms with Crippen molar-refractivity contribution in [2.45, 2.75) is 25.3 Å². The molecule has 1 aliphatic heterocycles. The quantitative estimate of drug-likeness (QED) is 0.835. The lowest BCUT2D eigenvalue weighted by atomic mass is 10.1. The van der Waals surface area contributed by atoms with E-state index in [1.807, 2.05) is 16.8 Å². The van der Waals surface area contributed by atoms with Gasteiger partial charge in [0.1, 0.15) is 0 Å². The van der Waals surface area contributed by atoms with Crippen molar-refractivity contribution in [1.82, 2.24) is 15.1 Å². The molecule has 1 amide bonds. The first-order valence-corrected chi connectivity index (χ1v) is 9.67. The van der Waals surface area contributed by atoms with Crippen LogP contribution in [0.15, 0.2) is 21.2 Å². The van der Waals surface area contributed by atoms with Crippen LogP contribution in [0.25, 0.3) is 11.5 Å². The Morgan fingerprint density at radius 1 is 1.42 bits per heavy atom. The molecule has 24 heavy (non-hydrogen) atoms. The molecule has 1 aliphatic rings. The summed E-state index contributed by atoms with van der Waals surface area (Å²) in [4.78, 5) is 25.1. The summed E-state index contributed by atoms with van der Waals surface area (Å²) in [5.41, 5.74) is 0.875. The molecule has 128 valence electrons. The van der Waals surface area contributed by atoms with Crippen molar-refractivity contribution in [2.75, 3.05) is 18.1 Å². The highest BCUT2D eigenvalue weighted by Gasteiger charge is 2.28. The zero-order valence-corrected chi connectivity index (χ0v) is 14.5. The second kappa shape index (κ2) is 7.80. The molecule has 1 N–H and O–H groups in total. The topological polar surface area (TPSA) is 96.5 Å². The summed E-state index contributed by atoms with van der Waals surface area (Å²) in [6.07, 6.45) is 0.590. The molecule has 3 heterocycles. The zero-order chi connectivity index (χ0) is 16.9. The Balaban J connectivity index is 1.57. The Kier molecular flexibility index (Phi) is 5.52. The van der Waals surface area contributed by atoms with Gasteiger partial charge >= 0.3 is 5.97 Å². The maximum absolute atomic E-state index is 12.4. The van der Waals surface area contributed by atoms with E-state index in [4.69, 9.17) is 9.52 Å². The van der Waals surface area contributed by atoms with Gasteiger partial charge in [0.2, 0.25) is 17.7 Å². The number of carbonyl (C=O) groups is 2. The minimum absolute atomic E-state index is 0.0123. The molecule has 2 aromatic rings. The first-order valence-electron chi connectivity index (χ1n) is 7.57. The lowest BCUT2D eigenvalue weighted by Gasteiger charge is -2.34. The third-order valence-corrected chi connectivity index (χ3v) is 5.52. The Hall–Kier alpha value is -1.87. The molecule has 0 aromatic carbocycles. The second-order valence-electron chi connectivity index (χ2n) is 5.43. The van der Waals surface area contributed by atoms with Gasteiger partial charge in [-0.05, 0) is 11.4 Å². The van der Waals surface area contributed by atoms with E-state index in [0.29, 0.717) is 30.5 Å². The average molecular weight is 367 g/mol. The molecular formula is C15H17N3O4S2. The fourth-order valence-corrected chi connectivity index (χ4v) is 4.26. The van der Waals surface area contributed by atoms with Gasteiger partial charge in [-0.15, -0.1) is 10.2 Å². The molecule has 0 aliphatic carbocycles. The lowest BCUT2D eigenvalue weighted by molar-refractivity contribution is -0.140. The highest BCUT2D eigenvalue weighted by molar-refractivity contribution is 7.99. The van der Waals surface area contributed by atoms with Crippen molar-refractivity contribution < 1.29 is 19.1 Å². The molecule has 1 saturated heterocycles. The number of nitrogens with zero attached hydrogens (tertiary/aromatic N) is 3. The molecule has 3 rings (SSSR count). The Morgan fingerprint density at radius 3 is 3.04 bits per heavy atom. The molecule has 0 bridgehead atoms. The lowest BCUT2D eigenvalue weighted by Crippen LogP contribution is -2.47. The predicted molar refractivity (Wildman–Crippen MR) is 91.0 cm³/mol. The summed E-state index contributed by atoms with van der Waals surface area (Å²) in [6.45, 7) is 0.589. The third kappa shape index (κ3) is 4.15. The van der Waals surface area contributed by atoms with Crippen molar-refractivity contribution in [3.63, 3.8) is 0 Å². The number of aromatic nitrogens is 2. The van der Waals surface area contributed by atoms with Crippen LogP contribution in [-0.4, -0.2) is 56.2 Å². The number of amides is 1. The second-order valence-corrected chi connectivity index (χ2v) is 7.36. The fourth-order valence-electron chi connectivity index (χ4n) is 2.57. The molecule has 2 aromatic heterocycles. The van der Waals surface area contributed by atoms with Crippen molar-refractivity contribution >= 4 is 35.0 Å². The van der Waals surface area contributed by atoms with E-state index >= 15 is 0 Å². The van der Waals surface area contributed by atoms with Gasteiger partial charge in [0.25, 0.3) is 0 Å². The normalized spacial score (nSPS) is 17.8. The van der Waals surface area contributed by atoms with Crippen LogP contribution in [-0.2, 0) is 16.0 Å². The molecule has 0 spiro atoms. The van der Waals surface area contributed by atoms with Crippen LogP contribution in [0.2, 0.25) is 0 Å². The van der Waals surface area contributed by atoms with E-state index in [2.05, 4.69) is 10.2 Å². The molecule has 1 fully saturated rings. The van der Waals surface area contributed by atoms with Crippen LogP contribution in [0.5, 0.6) is 0 Å². The summed E-state index contributed by atoms with van der Waals surface area (Å²) in [5, 5.41) is 20.8. The average Bonchev–Trinajstić information content (AvgIpc) is 3.24. The van der Waals surface area contributed by atoms with E-state index < -0.39 is 5.97 Å². The maximum Gasteiger partial charge on any atom is 0.305 e. The smallest absolute Gasteiger partial charge is 0.305 e. The molecule has 0 radical (unpaired) electrons. The highest BCUT2D eigenvalue weighted by atomic mass is 32.2. The number of carbonyl (C=O) groups excluding carboxylic acids is 1. The van der Waals surface area contributed by atoms with Crippen LogP contribution in [0.1, 0.15) is 18.7 Å². The van der Waals surface area contributed by atoms with Gasteiger partial charge in [0, 0.05) is 41.8 Å². The van der Waals surface area contributed by atoms with Crippen LogP contribution >= 0.6 is 23.1 Å². The number of aryl methyl sites for hydroxylation is 1. The van der Waals surface area contributed by atoms with E-state index in [0.717, 1.165) is 11.3 Å². The van der Waals surface area contributed by atoms with Gasteiger partial charge in [0.15, 0.2) is 0 Å². The third-order valence-electron chi connectivity index (χ3n) is 3.75. The van der Waals surface area contributed by atoms with Crippen LogP contribution in [0, 0.1) is 0 Å². The first-order chi connectivity index (χ1) is 11.6. The van der Waals surface area contributed by atoms with Crippen LogP contribution < -0.4 is 0 Å². The van der Waals surface area contributed by atoms with E-state index in [1.165, 1.54) is 0 Å². The van der Waals surface area contributed by atoms with Crippen molar-refractivity contribution in [3.8, 4) is 11.5 Å². The number of thioether (sulfide) groups is 1. The van der Waals surface area contributed by atoms with Gasteiger partial charge in [-0.1, -0.05) is 0 Å². The van der Waals surface area contributed by atoms with Gasteiger partial charge in [0.05, 0.1) is 12.5 Å². The molecule has 1 atom stereocenters. The number of carboxylic acids is 1. The molecule has 1 unspecified atom stereocenters. The Morgan fingerprint density at radius 2 is 2.29 bits per heavy atom. The number of thiophene rings is 1. The molecule has 9 heteroatoms. The standard InChI is InChI=1S/C15H17N3O4S2/c19-13(18-4-6-24-9-11(18)7-14(20)21)2-1-12-16-17-15(22-12)10-3-5-23-8-10/h3,5,8,11H,1-2,4,6-7,9H2,(H,20,21). The van der Waals surface area contributed by atoms with Gasteiger partial charge in [-0.2, -0.15) is 23.1 Å². The first kappa shape index (κ1) is 17.0. The summed E-state index contributed by atoms with van der Waals surface area (Å²) < 4.78 is 5.57. The van der Waals surface area contributed by atoms with Gasteiger partial charge in [-0.25, -0.2) is 0 Å². The maximum atomic E-state index is 12.4. The SMILES string of the molecule is O=C(O)CC1CSCCN1C(=O)CCc1nnc(-c2ccsc2)o1. The summed E-state index contributed by atoms with van der Waals surface area (Å²) in [7, 11) is 0. The number of carboxylic acid groups (broad SMARTS) is 1. The monoisotopic (exact) mass is 367 g/mol. The van der Waals surface area contributed by atoms with Crippen molar-refractivity contribution in [2.24, 2.45) is 0 Å². The number of aliphatic carboxylic acids is 1. The molecule has 7 nitrogen and oxygen atoms in total. The predicted octanol–water partition coefficient (Wildman–Crippen LogP) is 2.15. The molecule has 0 saturated carbocycles. The van der Waals surface area contributed by atoms with Crippen LogP contribution in [0.3, 0.4) is 0 Å². The van der Waals surface area contributed by atoms with Crippen molar-refractivity contribution in [3.05, 3.63) is 22.7 Å². The Labute approximate surface area is 147 Å². The van der Waals surface area contributed by atoms with Crippen molar-refractivity contribution in [1.29, 1.82) is 0 Å². The van der Waals surface area contributed by atoms with Gasteiger partial charge < -0.3 is 14.4 Å². The Bertz CT molecular complexity index is 701. The summed E-state index contributed by atoms with van der Waals surface area (Å²) >= 11 is 3.23.